The predicted molar refractivity (Wildman–Crippen MR) is 183 cm³/mol. The minimum Gasteiger partial charge on any atom is -0.436 e. The summed E-state index contributed by atoms with van der Waals surface area (Å²) in [4.78, 5) is 52.4. The average Bonchev–Trinajstić information content (AvgIpc) is 3.42. The molecule has 3 aromatic carbocycles. The summed E-state index contributed by atoms with van der Waals surface area (Å²) >= 11 is 5.29. The highest BCUT2D eigenvalue weighted by molar-refractivity contribution is 7.80. The van der Waals surface area contributed by atoms with E-state index in [4.69, 9.17) is 22.7 Å². The van der Waals surface area contributed by atoms with Gasteiger partial charge < -0.3 is 31.4 Å². The molecular weight excluding hydrogens is 604 g/mol. The van der Waals surface area contributed by atoms with Gasteiger partial charge in [0.25, 0.3) is 11.8 Å². The fourth-order valence-electron chi connectivity index (χ4n) is 4.72. The van der Waals surface area contributed by atoms with Crippen molar-refractivity contribution < 1.29 is 23.9 Å². The molecule has 0 fully saturated rings. The Morgan fingerprint density at radius 2 is 1.57 bits per heavy atom. The number of hydrogen-bond donors (Lipinski definition) is 6. The first kappa shape index (κ1) is 33.7. The lowest BCUT2D eigenvalue weighted by Gasteiger charge is -2.19. The second kappa shape index (κ2) is 15.2. The monoisotopic (exact) mass is 642 g/mol. The number of benzene rings is 3. The molecule has 12 heteroatoms. The number of ether oxygens (including phenoxy) is 1. The van der Waals surface area contributed by atoms with E-state index in [1.165, 1.54) is 0 Å². The molecule has 1 aromatic heterocycles. The molecule has 1 atom stereocenters. The number of carbonyl (C=O) groups excluding carboxylic acids is 4. The van der Waals surface area contributed by atoms with E-state index >= 15 is 0 Å². The van der Waals surface area contributed by atoms with Gasteiger partial charge in [-0.05, 0) is 77.6 Å². The number of amides is 4. The first-order valence-electron chi connectivity index (χ1n) is 14.8. The Morgan fingerprint density at radius 1 is 0.913 bits per heavy atom. The lowest BCUT2D eigenvalue weighted by atomic mass is 9.87. The first-order chi connectivity index (χ1) is 21.9. The molecule has 0 spiro atoms. The number of nitrogens with one attached hydrogen (secondary N) is 5. The van der Waals surface area contributed by atoms with Gasteiger partial charge in [0.2, 0.25) is 5.91 Å². The van der Waals surface area contributed by atoms with Gasteiger partial charge in [-0.15, -0.1) is 0 Å². The van der Waals surface area contributed by atoms with Gasteiger partial charge in [0.05, 0.1) is 0 Å². The summed E-state index contributed by atoms with van der Waals surface area (Å²) in [6.45, 7) is 6.52. The average molecular weight is 643 g/mol. The van der Waals surface area contributed by atoms with Gasteiger partial charge in [0.1, 0.15) is 0 Å². The van der Waals surface area contributed by atoms with Crippen LogP contribution in [0.4, 0.5) is 16.2 Å². The number of nitrogens with two attached hydrogens (primary N) is 1. The Labute approximate surface area is 272 Å². The summed E-state index contributed by atoms with van der Waals surface area (Å²) in [6, 6.07) is 21.8. The highest BCUT2D eigenvalue weighted by Gasteiger charge is 2.24. The van der Waals surface area contributed by atoms with Crippen LogP contribution in [0.15, 0.2) is 79.0 Å². The highest BCUT2D eigenvalue weighted by Crippen LogP contribution is 2.22. The van der Waals surface area contributed by atoms with Crippen molar-refractivity contribution in [2.45, 2.75) is 51.6 Å². The molecule has 240 valence electrons. The van der Waals surface area contributed by atoms with E-state index in [1.807, 2.05) is 36.4 Å². The van der Waals surface area contributed by atoms with Gasteiger partial charge in [0, 0.05) is 53.4 Å². The van der Waals surface area contributed by atoms with E-state index in [9.17, 15) is 19.2 Å². The molecule has 1 heterocycles. The molecule has 0 unspecified atom stereocenters. The maximum Gasteiger partial charge on any atom is 0.405 e. The Balaban J connectivity index is 1.18. The molecule has 7 N–H and O–H groups in total. The van der Waals surface area contributed by atoms with Crippen molar-refractivity contribution in [1.29, 1.82) is 0 Å². The largest absolute Gasteiger partial charge is 0.436 e. The number of anilines is 2. The molecule has 0 saturated heterocycles. The maximum absolute atomic E-state index is 12.8. The standard InChI is InChI=1S/C34H38N6O5S/c1-34(2,3)23-12-10-21(11-13-23)30(42)40-33(46)39-25-16-14-24(15-17-25)38-29(41)9-6-18-36-31(43)28(45-32(35)44)19-22-20-37-27-8-5-4-7-26(22)27/h4-5,7-8,10-17,20,28,37H,6,9,18-19H2,1-3H3,(H2,35,44)(H,36,43)(H,38,41)(H2,39,40,42,46)/t28-/m0/s1. The smallest absolute Gasteiger partial charge is 0.405 e. The van der Waals surface area contributed by atoms with Gasteiger partial charge >= 0.3 is 6.09 Å². The van der Waals surface area contributed by atoms with Crippen LogP contribution in [-0.2, 0) is 26.2 Å². The number of H-pyrrole nitrogens is 1. The second-order valence-corrected chi connectivity index (χ2v) is 12.2. The summed E-state index contributed by atoms with van der Waals surface area (Å²) in [5.74, 6) is -1.05. The number of para-hydroxylation sites is 1. The Hall–Kier alpha value is -5.23. The van der Waals surface area contributed by atoms with Crippen molar-refractivity contribution in [3.8, 4) is 0 Å². The zero-order chi connectivity index (χ0) is 33.3. The van der Waals surface area contributed by atoms with Crippen molar-refractivity contribution in [3.63, 3.8) is 0 Å². The number of hydrogen-bond acceptors (Lipinski definition) is 6. The van der Waals surface area contributed by atoms with Crippen LogP contribution in [0.1, 0.15) is 55.1 Å². The van der Waals surface area contributed by atoms with Crippen LogP contribution in [0.2, 0.25) is 0 Å². The third-order valence-electron chi connectivity index (χ3n) is 7.18. The summed E-state index contributed by atoms with van der Waals surface area (Å²) in [5.41, 5.74) is 9.73. The zero-order valence-electron chi connectivity index (χ0n) is 25.9. The van der Waals surface area contributed by atoms with Crippen molar-refractivity contribution in [1.82, 2.24) is 15.6 Å². The summed E-state index contributed by atoms with van der Waals surface area (Å²) in [6.07, 6.45) is 0.264. The molecule has 11 nitrogen and oxygen atoms in total. The quantitative estimate of drug-likeness (QED) is 0.0974. The molecule has 0 saturated carbocycles. The lowest BCUT2D eigenvalue weighted by Crippen LogP contribution is -2.40. The molecule has 4 amide bonds. The number of carbonyl (C=O) groups is 4. The second-order valence-electron chi connectivity index (χ2n) is 11.7. The van der Waals surface area contributed by atoms with Crippen LogP contribution in [0.5, 0.6) is 0 Å². The lowest BCUT2D eigenvalue weighted by molar-refractivity contribution is -0.129. The normalized spacial score (nSPS) is 11.7. The minimum absolute atomic E-state index is 0.0111. The summed E-state index contributed by atoms with van der Waals surface area (Å²) < 4.78 is 5.08. The Morgan fingerprint density at radius 3 is 2.22 bits per heavy atom. The number of fused-ring (bicyclic) bond motifs is 1. The predicted octanol–water partition coefficient (Wildman–Crippen LogP) is 5.13. The molecule has 0 aliphatic heterocycles. The van der Waals surface area contributed by atoms with E-state index in [0.717, 1.165) is 22.0 Å². The summed E-state index contributed by atoms with van der Waals surface area (Å²) in [7, 11) is 0. The Kier molecular flexibility index (Phi) is 11.1. The minimum atomic E-state index is -1.11. The molecule has 0 radical (unpaired) electrons. The van der Waals surface area contributed by atoms with Crippen LogP contribution in [0.3, 0.4) is 0 Å². The van der Waals surface area contributed by atoms with Gasteiger partial charge in [-0.25, -0.2) is 4.79 Å². The molecule has 46 heavy (non-hydrogen) atoms. The molecule has 0 bridgehead atoms. The van der Waals surface area contributed by atoms with Crippen LogP contribution < -0.4 is 27.0 Å². The molecular formula is C34H38N6O5S. The van der Waals surface area contributed by atoms with Crippen molar-refractivity contribution >= 4 is 63.4 Å². The van der Waals surface area contributed by atoms with E-state index in [-0.39, 0.29) is 41.7 Å². The molecule has 0 aliphatic rings. The van der Waals surface area contributed by atoms with Gasteiger partial charge in [-0.1, -0.05) is 51.1 Å². The fourth-order valence-corrected chi connectivity index (χ4v) is 4.93. The van der Waals surface area contributed by atoms with E-state index < -0.39 is 18.1 Å². The third kappa shape index (κ3) is 9.63. The third-order valence-corrected chi connectivity index (χ3v) is 7.38. The van der Waals surface area contributed by atoms with Crippen LogP contribution in [0.25, 0.3) is 10.9 Å². The zero-order valence-corrected chi connectivity index (χ0v) is 26.8. The maximum atomic E-state index is 12.8. The number of aromatic amines is 1. The SMILES string of the molecule is CC(C)(C)c1ccc(C(=O)NC(=S)Nc2ccc(NC(=O)CCCNC(=O)[C@H](Cc3c[nH]c4ccccc34)OC(N)=O)cc2)cc1. The van der Waals surface area contributed by atoms with Crippen LogP contribution >= 0.6 is 12.2 Å². The number of thiocarbonyl (C=S) groups is 1. The van der Waals surface area contributed by atoms with E-state index in [0.29, 0.717) is 23.4 Å². The number of rotatable bonds is 11. The van der Waals surface area contributed by atoms with Crippen molar-refractivity contribution in [2.24, 2.45) is 5.73 Å². The van der Waals surface area contributed by atoms with Gasteiger partial charge in [-0.3, -0.25) is 19.7 Å². The summed E-state index contributed by atoms with van der Waals surface area (Å²) in [5, 5.41) is 12.2. The topological polar surface area (TPSA) is 167 Å². The first-order valence-corrected chi connectivity index (χ1v) is 15.2. The Bertz CT molecular complexity index is 1710. The van der Waals surface area contributed by atoms with Crippen molar-refractivity contribution in [2.75, 3.05) is 17.2 Å². The van der Waals surface area contributed by atoms with E-state index in [1.54, 1.807) is 42.6 Å². The van der Waals surface area contributed by atoms with Gasteiger partial charge in [0.15, 0.2) is 11.2 Å². The van der Waals surface area contributed by atoms with Crippen molar-refractivity contribution in [3.05, 3.63) is 95.7 Å². The molecule has 4 aromatic rings. The van der Waals surface area contributed by atoms with Gasteiger partial charge in [-0.2, -0.15) is 0 Å². The van der Waals surface area contributed by atoms with E-state index in [2.05, 4.69) is 47.0 Å². The fraction of sp³-hybridized carbons (Fsp3) is 0.265. The molecule has 4 rings (SSSR count). The molecule has 0 aliphatic carbocycles. The number of aromatic nitrogens is 1. The highest BCUT2D eigenvalue weighted by atomic mass is 32.1. The van der Waals surface area contributed by atoms with Crippen LogP contribution in [0, 0.1) is 0 Å². The number of primary amides is 1. The van der Waals surface area contributed by atoms with Crippen LogP contribution in [-0.4, -0.2) is 46.6 Å².